The summed E-state index contributed by atoms with van der Waals surface area (Å²) in [6, 6.07) is 9.61. The molecule has 1 N–H and O–H groups in total. The number of ether oxygens (including phenoxy) is 1. The molecule has 1 aromatic carbocycles. The van der Waals surface area contributed by atoms with E-state index in [1.165, 1.54) is 0 Å². The molecule has 0 saturated carbocycles. The molecule has 0 heterocycles. The molecule has 1 rings (SSSR count). The Morgan fingerprint density at radius 3 is 2.50 bits per heavy atom. The van der Waals surface area contributed by atoms with Crippen LogP contribution in [-0.2, 0) is 9.53 Å². The van der Waals surface area contributed by atoms with Crippen molar-refractivity contribution in [2.75, 3.05) is 51.4 Å². The lowest BCUT2D eigenvalue weighted by molar-refractivity contribution is -0.119. The normalized spacial score (nSPS) is 10.8. The number of methoxy groups -OCH3 is 1. The van der Waals surface area contributed by atoms with Crippen molar-refractivity contribution in [1.82, 2.24) is 4.90 Å². The van der Waals surface area contributed by atoms with E-state index in [0.29, 0.717) is 26.2 Å². The number of aliphatic hydroxyl groups excluding tert-OH is 1. The average Bonchev–Trinajstić information content (AvgIpc) is 2.47. The van der Waals surface area contributed by atoms with Gasteiger partial charge in [0.25, 0.3) is 0 Å². The Balaban J connectivity index is 2.65. The zero-order chi connectivity index (χ0) is 14.8. The second-order valence-electron chi connectivity index (χ2n) is 4.47. The molecule has 0 unspecified atom stereocenters. The molecule has 1 amide bonds. The van der Waals surface area contributed by atoms with E-state index in [2.05, 4.69) is 0 Å². The summed E-state index contributed by atoms with van der Waals surface area (Å²) in [5.74, 6) is 0.0308. The Labute approximate surface area is 120 Å². The van der Waals surface area contributed by atoms with Gasteiger partial charge in [0.1, 0.15) is 0 Å². The lowest BCUT2D eigenvalue weighted by Gasteiger charge is -2.26. The van der Waals surface area contributed by atoms with Gasteiger partial charge in [-0.25, -0.2) is 0 Å². The van der Waals surface area contributed by atoms with Gasteiger partial charge in [-0.05, 0) is 19.1 Å². The fourth-order valence-electron chi connectivity index (χ4n) is 2.02. The molecule has 20 heavy (non-hydrogen) atoms. The SMILES string of the molecule is CCN(C(=O)CN(CCO)CCOC)c1ccccc1. The number of benzene rings is 1. The molecular formula is C15H24N2O3. The fraction of sp³-hybridized carbons (Fsp3) is 0.533. The molecular weight excluding hydrogens is 256 g/mol. The molecule has 0 radical (unpaired) electrons. The predicted octanol–water partition coefficient (Wildman–Crippen LogP) is 0.980. The number of carbonyl (C=O) groups is 1. The third kappa shape index (κ3) is 5.28. The number of likely N-dealkylation sites (N-methyl/N-ethyl adjacent to an activating group) is 1. The van der Waals surface area contributed by atoms with Crippen molar-refractivity contribution < 1.29 is 14.6 Å². The van der Waals surface area contributed by atoms with Gasteiger partial charge in [0, 0.05) is 32.4 Å². The van der Waals surface area contributed by atoms with Gasteiger partial charge in [-0.1, -0.05) is 18.2 Å². The van der Waals surface area contributed by atoms with Crippen molar-refractivity contribution in [3.05, 3.63) is 30.3 Å². The monoisotopic (exact) mass is 280 g/mol. The minimum atomic E-state index is 0.0308. The number of hydrogen-bond acceptors (Lipinski definition) is 4. The first-order valence-electron chi connectivity index (χ1n) is 6.90. The number of rotatable bonds is 9. The molecule has 0 aliphatic rings. The predicted molar refractivity (Wildman–Crippen MR) is 79.9 cm³/mol. The standard InChI is InChI=1S/C15H24N2O3/c1-3-17(14-7-5-4-6-8-14)15(19)13-16(9-11-18)10-12-20-2/h4-8,18H,3,9-13H2,1-2H3. The highest BCUT2D eigenvalue weighted by atomic mass is 16.5. The Kier molecular flexibility index (Phi) is 7.87. The van der Waals surface area contributed by atoms with Gasteiger partial charge in [-0.15, -0.1) is 0 Å². The van der Waals surface area contributed by atoms with Crippen LogP contribution in [0.2, 0.25) is 0 Å². The van der Waals surface area contributed by atoms with Crippen LogP contribution in [0.3, 0.4) is 0 Å². The summed E-state index contributed by atoms with van der Waals surface area (Å²) in [6.45, 7) is 4.55. The summed E-state index contributed by atoms with van der Waals surface area (Å²) < 4.78 is 5.02. The van der Waals surface area contributed by atoms with Gasteiger partial charge in [-0.2, -0.15) is 0 Å². The second kappa shape index (κ2) is 9.47. The van der Waals surface area contributed by atoms with E-state index in [-0.39, 0.29) is 19.1 Å². The van der Waals surface area contributed by atoms with Crippen LogP contribution in [0.15, 0.2) is 30.3 Å². The Morgan fingerprint density at radius 2 is 1.95 bits per heavy atom. The van der Waals surface area contributed by atoms with E-state index >= 15 is 0 Å². The van der Waals surface area contributed by atoms with Crippen LogP contribution in [-0.4, -0.2) is 62.4 Å². The van der Waals surface area contributed by atoms with Crippen LogP contribution >= 0.6 is 0 Å². The number of para-hydroxylation sites is 1. The summed E-state index contributed by atoms with van der Waals surface area (Å²) in [4.78, 5) is 16.0. The van der Waals surface area contributed by atoms with Crippen LogP contribution < -0.4 is 4.90 Å². The minimum Gasteiger partial charge on any atom is -0.395 e. The second-order valence-corrected chi connectivity index (χ2v) is 4.47. The first-order chi connectivity index (χ1) is 9.72. The highest BCUT2D eigenvalue weighted by Crippen LogP contribution is 2.13. The van der Waals surface area contributed by atoms with Crippen molar-refractivity contribution in [2.24, 2.45) is 0 Å². The molecule has 0 fully saturated rings. The molecule has 1 aromatic rings. The fourth-order valence-corrected chi connectivity index (χ4v) is 2.02. The molecule has 0 atom stereocenters. The number of carbonyl (C=O) groups excluding carboxylic acids is 1. The number of aliphatic hydroxyl groups is 1. The maximum atomic E-state index is 12.4. The van der Waals surface area contributed by atoms with Crippen molar-refractivity contribution in [1.29, 1.82) is 0 Å². The van der Waals surface area contributed by atoms with Gasteiger partial charge >= 0.3 is 0 Å². The van der Waals surface area contributed by atoms with E-state index in [1.807, 2.05) is 42.2 Å². The topological polar surface area (TPSA) is 53.0 Å². The summed E-state index contributed by atoms with van der Waals surface area (Å²) in [5.41, 5.74) is 0.899. The van der Waals surface area contributed by atoms with Crippen molar-refractivity contribution in [2.45, 2.75) is 6.92 Å². The number of amides is 1. The van der Waals surface area contributed by atoms with E-state index in [4.69, 9.17) is 9.84 Å². The lowest BCUT2D eigenvalue weighted by Crippen LogP contribution is -2.42. The van der Waals surface area contributed by atoms with Crippen molar-refractivity contribution in [3.63, 3.8) is 0 Å². The van der Waals surface area contributed by atoms with Crippen LogP contribution in [0.25, 0.3) is 0 Å². The van der Waals surface area contributed by atoms with Gasteiger partial charge in [0.2, 0.25) is 5.91 Å². The summed E-state index contributed by atoms with van der Waals surface area (Å²) >= 11 is 0. The van der Waals surface area contributed by atoms with E-state index in [1.54, 1.807) is 12.0 Å². The first kappa shape index (κ1) is 16.6. The molecule has 0 aliphatic heterocycles. The van der Waals surface area contributed by atoms with Crippen molar-refractivity contribution in [3.8, 4) is 0 Å². The quantitative estimate of drug-likeness (QED) is 0.732. The zero-order valence-corrected chi connectivity index (χ0v) is 12.3. The van der Waals surface area contributed by atoms with E-state index in [9.17, 15) is 4.79 Å². The van der Waals surface area contributed by atoms with Gasteiger partial charge in [0.05, 0.1) is 19.8 Å². The maximum Gasteiger partial charge on any atom is 0.241 e. The molecule has 5 heteroatoms. The molecule has 5 nitrogen and oxygen atoms in total. The molecule has 0 bridgehead atoms. The minimum absolute atomic E-state index is 0.0308. The summed E-state index contributed by atoms with van der Waals surface area (Å²) in [7, 11) is 1.63. The van der Waals surface area contributed by atoms with Gasteiger partial charge in [-0.3, -0.25) is 9.69 Å². The Bertz CT molecular complexity index is 384. The van der Waals surface area contributed by atoms with E-state index < -0.39 is 0 Å². The highest BCUT2D eigenvalue weighted by molar-refractivity contribution is 5.94. The van der Waals surface area contributed by atoms with Crippen LogP contribution in [0.4, 0.5) is 5.69 Å². The molecule has 0 saturated heterocycles. The molecule has 0 spiro atoms. The van der Waals surface area contributed by atoms with Gasteiger partial charge in [0.15, 0.2) is 0 Å². The third-order valence-corrected chi connectivity index (χ3v) is 3.07. The maximum absolute atomic E-state index is 12.4. The first-order valence-corrected chi connectivity index (χ1v) is 6.90. The molecule has 0 aliphatic carbocycles. The van der Waals surface area contributed by atoms with E-state index in [0.717, 1.165) is 5.69 Å². The lowest BCUT2D eigenvalue weighted by atomic mass is 10.2. The number of anilines is 1. The molecule has 112 valence electrons. The van der Waals surface area contributed by atoms with Gasteiger partial charge < -0.3 is 14.7 Å². The Morgan fingerprint density at radius 1 is 1.25 bits per heavy atom. The summed E-state index contributed by atoms with van der Waals surface area (Å²) in [5, 5.41) is 9.05. The summed E-state index contributed by atoms with van der Waals surface area (Å²) in [6.07, 6.45) is 0. The van der Waals surface area contributed by atoms with Crippen molar-refractivity contribution >= 4 is 11.6 Å². The van der Waals surface area contributed by atoms with Crippen LogP contribution in [0.1, 0.15) is 6.92 Å². The largest absolute Gasteiger partial charge is 0.395 e. The number of nitrogens with zero attached hydrogens (tertiary/aromatic N) is 2. The van der Waals surface area contributed by atoms with Crippen LogP contribution in [0.5, 0.6) is 0 Å². The smallest absolute Gasteiger partial charge is 0.241 e. The number of hydrogen-bond donors (Lipinski definition) is 1. The Hall–Kier alpha value is -1.43. The van der Waals surface area contributed by atoms with Crippen LogP contribution in [0, 0.1) is 0 Å². The molecule has 0 aromatic heterocycles. The average molecular weight is 280 g/mol. The zero-order valence-electron chi connectivity index (χ0n) is 12.3. The third-order valence-electron chi connectivity index (χ3n) is 3.07. The highest BCUT2D eigenvalue weighted by Gasteiger charge is 2.17.